The van der Waals surface area contributed by atoms with E-state index in [0.717, 1.165) is 22.6 Å². The molecule has 0 aliphatic carbocycles. The third-order valence-electron chi connectivity index (χ3n) is 4.26. The molecule has 3 aromatic rings. The van der Waals surface area contributed by atoms with Crippen molar-refractivity contribution in [2.45, 2.75) is 26.5 Å². The van der Waals surface area contributed by atoms with Crippen LogP contribution >= 0.6 is 0 Å². The van der Waals surface area contributed by atoms with E-state index in [4.69, 9.17) is 9.47 Å². The summed E-state index contributed by atoms with van der Waals surface area (Å²) in [5.74, 6) is 1.49. The molecular weight excluding hydrogens is 366 g/mol. The molecule has 1 heterocycles. The molecule has 6 nitrogen and oxygen atoms in total. The monoisotopic (exact) mass is 391 g/mol. The summed E-state index contributed by atoms with van der Waals surface area (Å²) in [7, 11) is 0. The minimum atomic E-state index is -0.275. The summed E-state index contributed by atoms with van der Waals surface area (Å²) in [5, 5.41) is 5.76. The number of hydrogen-bond acceptors (Lipinski definition) is 4. The average Bonchev–Trinajstić information content (AvgIpc) is 2.74. The first kappa shape index (κ1) is 20.2. The quantitative estimate of drug-likeness (QED) is 0.570. The Hall–Kier alpha value is -3.54. The topological polar surface area (TPSA) is 72.5 Å². The standard InChI is InChI=1S/C23H25N3O3/c1-3-28-22-8-4-7-20(14-22)26-23(27)25-17(2)19-9-11-21(12-10-19)29-16-18-6-5-13-24-15-18/h4-15,17H,3,16H2,1-2H3,(H2,25,26,27). The number of pyridine rings is 1. The number of anilines is 1. The van der Waals surface area contributed by atoms with Gasteiger partial charge in [0.1, 0.15) is 18.1 Å². The number of amides is 2. The normalized spacial score (nSPS) is 11.4. The van der Waals surface area contributed by atoms with Gasteiger partial charge in [0.15, 0.2) is 0 Å². The van der Waals surface area contributed by atoms with Crippen LogP contribution in [-0.4, -0.2) is 17.6 Å². The lowest BCUT2D eigenvalue weighted by molar-refractivity contribution is 0.249. The second kappa shape index (κ2) is 10.1. The van der Waals surface area contributed by atoms with Crippen LogP contribution in [0.5, 0.6) is 11.5 Å². The maximum Gasteiger partial charge on any atom is 0.319 e. The maximum absolute atomic E-state index is 12.3. The summed E-state index contributed by atoms with van der Waals surface area (Å²) in [4.78, 5) is 16.4. The van der Waals surface area contributed by atoms with Gasteiger partial charge >= 0.3 is 6.03 Å². The number of aromatic nitrogens is 1. The van der Waals surface area contributed by atoms with Crippen molar-refractivity contribution in [1.29, 1.82) is 0 Å². The molecule has 1 aromatic heterocycles. The number of nitrogens with zero attached hydrogens (tertiary/aromatic N) is 1. The van der Waals surface area contributed by atoms with Gasteiger partial charge in [-0.15, -0.1) is 0 Å². The van der Waals surface area contributed by atoms with Crippen LogP contribution in [0.15, 0.2) is 73.1 Å². The molecule has 2 N–H and O–H groups in total. The Morgan fingerprint density at radius 3 is 2.59 bits per heavy atom. The number of ether oxygens (including phenoxy) is 2. The Balaban J connectivity index is 1.51. The molecule has 1 atom stereocenters. The van der Waals surface area contributed by atoms with Gasteiger partial charge in [0, 0.05) is 29.7 Å². The molecule has 2 amide bonds. The van der Waals surface area contributed by atoms with Crippen molar-refractivity contribution in [3.05, 3.63) is 84.2 Å². The largest absolute Gasteiger partial charge is 0.494 e. The van der Waals surface area contributed by atoms with Crippen molar-refractivity contribution in [2.24, 2.45) is 0 Å². The number of urea groups is 1. The molecule has 0 aliphatic heterocycles. The van der Waals surface area contributed by atoms with Gasteiger partial charge in [0.25, 0.3) is 0 Å². The summed E-state index contributed by atoms with van der Waals surface area (Å²) in [6.45, 7) is 4.89. The lowest BCUT2D eigenvalue weighted by atomic mass is 10.1. The van der Waals surface area contributed by atoms with Crippen LogP contribution in [0, 0.1) is 0 Å². The zero-order valence-corrected chi connectivity index (χ0v) is 16.6. The van der Waals surface area contributed by atoms with E-state index in [0.29, 0.717) is 18.9 Å². The highest BCUT2D eigenvalue weighted by atomic mass is 16.5. The van der Waals surface area contributed by atoms with Crippen molar-refractivity contribution in [3.8, 4) is 11.5 Å². The van der Waals surface area contributed by atoms with Crippen molar-refractivity contribution < 1.29 is 14.3 Å². The molecule has 0 fully saturated rings. The van der Waals surface area contributed by atoms with Gasteiger partial charge in [-0.2, -0.15) is 0 Å². The van der Waals surface area contributed by atoms with Gasteiger partial charge in [-0.1, -0.05) is 24.3 Å². The fourth-order valence-electron chi connectivity index (χ4n) is 2.78. The minimum absolute atomic E-state index is 0.155. The molecule has 0 saturated heterocycles. The smallest absolute Gasteiger partial charge is 0.319 e. The van der Waals surface area contributed by atoms with Crippen LogP contribution in [0.3, 0.4) is 0 Å². The molecule has 0 aliphatic rings. The van der Waals surface area contributed by atoms with E-state index >= 15 is 0 Å². The fraction of sp³-hybridized carbons (Fsp3) is 0.217. The number of hydrogen-bond donors (Lipinski definition) is 2. The Labute approximate surface area is 170 Å². The van der Waals surface area contributed by atoms with E-state index in [9.17, 15) is 4.79 Å². The number of benzene rings is 2. The van der Waals surface area contributed by atoms with Crippen LogP contribution in [-0.2, 0) is 6.61 Å². The first-order valence-corrected chi connectivity index (χ1v) is 9.56. The van der Waals surface area contributed by atoms with Gasteiger partial charge in [-0.05, 0) is 49.7 Å². The SMILES string of the molecule is CCOc1cccc(NC(=O)NC(C)c2ccc(OCc3cccnc3)cc2)c1. The third kappa shape index (κ3) is 6.24. The number of carbonyl (C=O) groups excluding carboxylic acids is 1. The molecule has 0 saturated carbocycles. The van der Waals surface area contributed by atoms with Gasteiger partial charge in [-0.25, -0.2) is 4.79 Å². The molecule has 0 spiro atoms. The van der Waals surface area contributed by atoms with E-state index in [2.05, 4.69) is 15.6 Å². The van der Waals surface area contributed by atoms with E-state index in [1.54, 1.807) is 18.5 Å². The highest BCUT2D eigenvalue weighted by Crippen LogP contribution is 2.20. The Bertz CT molecular complexity index is 914. The molecule has 6 heteroatoms. The summed E-state index contributed by atoms with van der Waals surface area (Å²) < 4.78 is 11.2. The highest BCUT2D eigenvalue weighted by Gasteiger charge is 2.10. The van der Waals surface area contributed by atoms with Gasteiger partial charge in [0.2, 0.25) is 0 Å². The maximum atomic E-state index is 12.3. The summed E-state index contributed by atoms with van der Waals surface area (Å²) >= 11 is 0. The third-order valence-corrected chi connectivity index (χ3v) is 4.26. The Kier molecular flexibility index (Phi) is 7.05. The van der Waals surface area contributed by atoms with Crippen molar-refractivity contribution >= 4 is 11.7 Å². The molecule has 0 radical (unpaired) electrons. The van der Waals surface area contributed by atoms with E-state index in [1.165, 1.54) is 0 Å². The minimum Gasteiger partial charge on any atom is -0.494 e. The first-order chi connectivity index (χ1) is 14.1. The summed E-state index contributed by atoms with van der Waals surface area (Å²) in [5.41, 5.74) is 2.67. The highest BCUT2D eigenvalue weighted by molar-refractivity contribution is 5.89. The second-order valence-electron chi connectivity index (χ2n) is 6.50. The van der Waals surface area contributed by atoms with Crippen LogP contribution < -0.4 is 20.1 Å². The predicted molar refractivity (Wildman–Crippen MR) is 113 cm³/mol. The molecule has 3 rings (SSSR count). The molecule has 29 heavy (non-hydrogen) atoms. The number of carbonyl (C=O) groups is 1. The molecule has 1 unspecified atom stereocenters. The Morgan fingerprint density at radius 1 is 1.03 bits per heavy atom. The molecule has 2 aromatic carbocycles. The summed E-state index contributed by atoms with van der Waals surface area (Å²) in [6, 6.07) is 18.4. The zero-order valence-electron chi connectivity index (χ0n) is 16.6. The summed E-state index contributed by atoms with van der Waals surface area (Å²) in [6.07, 6.45) is 3.52. The lowest BCUT2D eigenvalue weighted by Gasteiger charge is -2.16. The van der Waals surface area contributed by atoms with Crippen molar-refractivity contribution in [3.63, 3.8) is 0 Å². The number of nitrogens with one attached hydrogen (secondary N) is 2. The van der Waals surface area contributed by atoms with Gasteiger partial charge < -0.3 is 20.1 Å². The first-order valence-electron chi connectivity index (χ1n) is 9.56. The zero-order chi connectivity index (χ0) is 20.5. The van der Waals surface area contributed by atoms with Crippen LogP contribution in [0.2, 0.25) is 0 Å². The van der Waals surface area contributed by atoms with E-state index < -0.39 is 0 Å². The number of rotatable bonds is 8. The van der Waals surface area contributed by atoms with Crippen LogP contribution in [0.25, 0.3) is 0 Å². The van der Waals surface area contributed by atoms with Gasteiger partial charge in [-0.3, -0.25) is 4.98 Å². The van der Waals surface area contributed by atoms with Gasteiger partial charge in [0.05, 0.1) is 12.6 Å². The molecule has 150 valence electrons. The van der Waals surface area contributed by atoms with E-state index in [-0.39, 0.29) is 12.1 Å². The molecule has 0 bridgehead atoms. The molecular formula is C23H25N3O3. The van der Waals surface area contributed by atoms with E-state index in [1.807, 2.05) is 68.4 Å². The van der Waals surface area contributed by atoms with Crippen molar-refractivity contribution in [2.75, 3.05) is 11.9 Å². The fourth-order valence-corrected chi connectivity index (χ4v) is 2.78. The Morgan fingerprint density at radius 2 is 1.86 bits per heavy atom. The second-order valence-corrected chi connectivity index (χ2v) is 6.50. The van der Waals surface area contributed by atoms with Crippen LogP contribution in [0.4, 0.5) is 10.5 Å². The predicted octanol–water partition coefficient (Wildman–Crippen LogP) is 4.94. The average molecular weight is 391 g/mol. The van der Waals surface area contributed by atoms with Crippen molar-refractivity contribution in [1.82, 2.24) is 10.3 Å². The van der Waals surface area contributed by atoms with Crippen LogP contribution in [0.1, 0.15) is 31.0 Å². The lowest BCUT2D eigenvalue weighted by Crippen LogP contribution is -2.31.